The summed E-state index contributed by atoms with van der Waals surface area (Å²) in [5, 5.41) is 0. The third-order valence-electron chi connectivity index (χ3n) is 1.72. The molecule has 0 unspecified atom stereocenters. The molecule has 0 rings (SSSR count). The molecule has 0 heterocycles. The molecule has 0 aliphatic heterocycles. The van der Waals surface area contributed by atoms with Crippen molar-refractivity contribution >= 4 is 11.9 Å². The summed E-state index contributed by atoms with van der Waals surface area (Å²) in [6.45, 7) is 5.78. The molecule has 0 radical (unpaired) electrons. The number of amides is 1. The predicted octanol–water partition coefficient (Wildman–Crippen LogP) is 0.348. The van der Waals surface area contributed by atoms with Gasteiger partial charge in [-0.1, -0.05) is 0 Å². The van der Waals surface area contributed by atoms with Gasteiger partial charge in [-0.3, -0.25) is 14.5 Å². The van der Waals surface area contributed by atoms with Crippen LogP contribution in [0.15, 0.2) is 0 Å². The number of carbonyl (C=O) groups excluding carboxylic acids is 2. The highest BCUT2D eigenvalue weighted by Crippen LogP contribution is 2.07. The van der Waals surface area contributed by atoms with Crippen LogP contribution in [-0.2, 0) is 14.3 Å². The normalized spacial score (nSPS) is 11.4. The van der Waals surface area contributed by atoms with Crippen molar-refractivity contribution in [1.82, 2.24) is 9.80 Å². The van der Waals surface area contributed by atoms with E-state index in [0.29, 0.717) is 0 Å². The van der Waals surface area contributed by atoms with E-state index >= 15 is 0 Å². The predicted molar refractivity (Wildman–Crippen MR) is 62.0 cm³/mol. The summed E-state index contributed by atoms with van der Waals surface area (Å²) in [6.07, 6.45) is 0. The third kappa shape index (κ3) is 7.23. The Bertz CT molecular complexity index is 256. The van der Waals surface area contributed by atoms with Crippen LogP contribution in [0.1, 0.15) is 20.8 Å². The largest absolute Gasteiger partial charge is 0.459 e. The van der Waals surface area contributed by atoms with Gasteiger partial charge >= 0.3 is 5.97 Å². The minimum absolute atomic E-state index is 0.0361. The van der Waals surface area contributed by atoms with Crippen LogP contribution in [0.4, 0.5) is 0 Å². The fraction of sp³-hybridized carbons (Fsp3) is 0.818. The lowest BCUT2D eigenvalue weighted by Gasteiger charge is -2.22. The summed E-state index contributed by atoms with van der Waals surface area (Å²) in [5.74, 6) is -0.354. The molecule has 0 spiro atoms. The minimum Gasteiger partial charge on any atom is -0.459 e. The van der Waals surface area contributed by atoms with E-state index in [2.05, 4.69) is 0 Å². The van der Waals surface area contributed by atoms with E-state index in [0.717, 1.165) is 0 Å². The molecule has 1 amide bonds. The van der Waals surface area contributed by atoms with Gasteiger partial charge in [-0.15, -0.1) is 0 Å². The Labute approximate surface area is 97.3 Å². The second kappa shape index (κ2) is 5.84. The van der Waals surface area contributed by atoms with Gasteiger partial charge in [0.2, 0.25) is 5.91 Å². The fourth-order valence-electron chi connectivity index (χ4n) is 1.02. The van der Waals surface area contributed by atoms with Gasteiger partial charge in [0.25, 0.3) is 0 Å². The van der Waals surface area contributed by atoms with Crippen molar-refractivity contribution in [3.8, 4) is 0 Å². The summed E-state index contributed by atoms with van der Waals surface area (Å²) in [4.78, 5) is 25.9. The van der Waals surface area contributed by atoms with Gasteiger partial charge < -0.3 is 9.64 Å². The number of hydrogen-bond acceptors (Lipinski definition) is 4. The zero-order valence-corrected chi connectivity index (χ0v) is 11.0. The fourth-order valence-corrected chi connectivity index (χ4v) is 1.02. The Morgan fingerprint density at radius 3 is 1.94 bits per heavy atom. The molecular formula is C11H22N2O3. The average molecular weight is 230 g/mol. The van der Waals surface area contributed by atoms with E-state index in [1.54, 1.807) is 26.0 Å². The van der Waals surface area contributed by atoms with Gasteiger partial charge in [-0.25, -0.2) is 0 Å². The second-order valence-corrected chi connectivity index (χ2v) is 5.05. The molecule has 16 heavy (non-hydrogen) atoms. The summed E-state index contributed by atoms with van der Waals surface area (Å²) >= 11 is 0. The molecule has 0 saturated carbocycles. The van der Waals surface area contributed by atoms with Crippen molar-refractivity contribution in [2.75, 3.05) is 34.2 Å². The van der Waals surface area contributed by atoms with Crippen molar-refractivity contribution in [1.29, 1.82) is 0 Å². The van der Waals surface area contributed by atoms with Crippen LogP contribution >= 0.6 is 0 Å². The van der Waals surface area contributed by atoms with E-state index in [-0.39, 0.29) is 25.0 Å². The molecule has 0 aromatic carbocycles. The smallest absolute Gasteiger partial charge is 0.320 e. The van der Waals surface area contributed by atoms with E-state index in [9.17, 15) is 9.59 Å². The molecule has 0 aliphatic rings. The van der Waals surface area contributed by atoms with Crippen LogP contribution in [0.2, 0.25) is 0 Å². The van der Waals surface area contributed by atoms with Crippen molar-refractivity contribution in [2.24, 2.45) is 0 Å². The molecule has 0 aromatic heterocycles. The first kappa shape index (κ1) is 14.9. The number of esters is 1. The minimum atomic E-state index is -0.483. The van der Waals surface area contributed by atoms with Gasteiger partial charge in [0.1, 0.15) is 5.60 Å². The van der Waals surface area contributed by atoms with Crippen molar-refractivity contribution in [3.63, 3.8) is 0 Å². The molecule has 0 N–H and O–H groups in total. The van der Waals surface area contributed by atoms with E-state index < -0.39 is 5.60 Å². The topological polar surface area (TPSA) is 49.9 Å². The van der Waals surface area contributed by atoms with Gasteiger partial charge in [-0.2, -0.15) is 0 Å². The van der Waals surface area contributed by atoms with Gasteiger partial charge in [0, 0.05) is 14.1 Å². The first-order chi connectivity index (χ1) is 7.11. The summed E-state index contributed by atoms with van der Waals surface area (Å²) in [5.41, 5.74) is -0.483. The molecule has 0 bridgehead atoms. The molecular weight excluding hydrogens is 208 g/mol. The number of rotatable bonds is 4. The third-order valence-corrected chi connectivity index (χ3v) is 1.72. The first-order valence-electron chi connectivity index (χ1n) is 5.22. The number of likely N-dealkylation sites (N-methyl/N-ethyl adjacent to an activating group) is 2. The monoisotopic (exact) mass is 230 g/mol. The van der Waals surface area contributed by atoms with Gasteiger partial charge in [0.15, 0.2) is 0 Å². The summed E-state index contributed by atoms with van der Waals surface area (Å²) in [6, 6.07) is 0. The van der Waals surface area contributed by atoms with Gasteiger partial charge in [-0.05, 0) is 27.8 Å². The maximum atomic E-state index is 11.4. The Morgan fingerprint density at radius 1 is 1.06 bits per heavy atom. The first-order valence-corrected chi connectivity index (χ1v) is 5.22. The number of nitrogens with zero attached hydrogens (tertiary/aromatic N) is 2. The molecule has 5 heteroatoms. The zero-order chi connectivity index (χ0) is 12.9. The Balaban J connectivity index is 4.01. The van der Waals surface area contributed by atoms with E-state index in [1.807, 2.05) is 20.8 Å². The quantitative estimate of drug-likeness (QED) is 0.654. The summed E-state index contributed by atoms with van der Waals surface area (Å²) in [7, 11) is 5.08. The van der Waals surface area contributed by atoms with E-state index in [4.69, 9.17) is 4.74 Å². The lowest BCUT2D eigenvalue weighted by Crippen LogP contribution is -2.38. The number of ether oxygens (including phenoxy) is 1. The lowest BCUT2D eigenvalue weighted by atomic mass is 10.2. The average Bonchev–Trinajstić information content (AvgIpc) is 1.98. The van der Waals surface area contributed by atoms with Crippen LogP contribution in [0.25, 0.3) is 0 Å². The van der Waals surface area contributed by atoms with Crippen molar-refractivity contribution in [2.45, 2.75) is 26.4 Å². The zero-order valence-electron chi connectivity index (χ0n) is 11.0. The molecule has 0 aromatic rings. The Morgan fingerprint density at radius 2 is 1.56 bits per heavy atom. The SMILES string of the molecule is CN(CC(=O)OC(C)(C)C)CC(=O)N(C)C. The highest BCUT2D eigenvalue weighted by atomic mass is 16.6. The van der Waals surface area contributed by atoms with E-state index in [1.165, 1.54) is 4.90 Å². The maximum Gasteiger partial charge on any atom is 0.320 e. The molecule has 5 nitrogen and oxygen atoms in total. The standard InChI is InChI=1S/C11H22N2O3/c1-11(2,3)16-10(15)8-13(6)7-9(14)12(4)5/h7-8H2,1-6H3. The lowest BCUT2D eigenvalue weighted by molar-refractivity contribution is -0.155. The number of carbonyl (C=O) groups is 2. The van der Waals surface area contributed by atoms with Crippen molar-refractivity contribution in [3.05, 3.63) is 0 Å². The molecule has 94 valence electrons. The van der Waals surface area contributed by atoms with Crippen LogP contribution in [-0.4, -0.2) is 61.5 Å². The maximum absolute atomic E-state index is 11.4. The number of hydrogen-bond donors (Lipinski definition) is 0. The molecule has 0 saturated heterocycles. The highest BCUT2D eigenvalue weighted by Gasteiger charge is 2.18. The second-order valence-electron chi connectivity index (χ2n) is 5.05. The molecule has 0 aliphatic carbocycles. The van der Waals surface area contributed by atoms with Crippen molar-refractivity contribution < 1.29 is 14.3 Å². The van der Waals surface area contributed by atoms with Crippen LogP contribution in [0.3, 0.4) is 0 Å². The highest BCUT2D eigenvalue weighted by molar-refractivity contribution is 5.79. The van der Waals surface area contributed by atoms with Crippen LogP contribution in [0, 0.1) is 0 Å². The molecule has 0 fully saturated rings. The summed E-state index contributed by atoms with van der Waals surface area (Å²) < 4.78 is 5.14. The van der Waals surface area contributed by atoms with Crippen LogP contribution < -0.4 is 0 Å². The Hall–Kier alpha value is -1.10. The molecule has 0 atom stereocenters. The van der Waals surface area contributed by atoms with Gasteiger partial charge in [0.05, 0.1) is 13.1 Å². The Kier molecular flexibility index (Phi) is 5.44. The van der Waals surface area contributed by atoms with Crippen LogP contribution in [0.5, 0.6) is 0 Å².